The molecule has 6 heteroatoms. The first-order valence-electron chi connectivity index (χ1n) is 10.8. The van der Waals surface area contributed by atoms with E-state index in [4.69, 9.17) is 14.2 Å². The zero-order valence-corrected chi connectivity index (χ0v) is 19.1. The fraction of sp³-hybridized carbons (Fsp3) is 0.222. The van der Waals surface area contributed by atoms with Crippen LogP contribution in [0.25, 0.3) is 22.2 Å². The molecule has 0 radical (unpaired) electrons. The van der Waals surface area contributed by atoms with Crippen LogP contribution in [-0.2, 0) is 17.8 Å². The van der Waals surface area contributed by atoms with Gasteiger partial charge in [0.1, 0.15) is 5.75 Å². The number of aryl methyl sites for hydroxylation is 1. The van der Waals surface area contributed by atoms with Crippen LogP contribution < -0.4 is 19.5 Å². The minimum atomic E-state index is -0.0224. The summed E-state index contributed by atoms with van der Waals surface area (Å²) in [5.41, 5.74) is 5.14. The Balaban J connectivity index is 1.50. The van der Waals surface area contributed by atoms with Crippen LogP contribution in [0.2, 0.25) is 0 Å². The summed E-state index contributed by atoms with van der Waals surface area (Å²) in [6.45, 7) is 0.373. The van der Waals surface area contributed by atoms with Crippen LogP contribution in [0, 0.1) is 0 Å². The molecule has 3 aromatic carbocycles. The molecule has 0 aliphatic rings. The third-order valence-electron chi connectivity index (χ3n) is 5.75. The normalized spacial score (nSPS) is 10.8. The van der Waals surface area contributed by atoms with Gasteiger partial charge in [0.05, 0.1) is 21.3 Å². The summed E-state index contributed by atoms with van der Waals surface area (Å²) in [6.07, 6.45) is 0.990. The van der Waals surface area contributed by atoms with Gasteiger partial charge in [-0.05, 0) is 53.9 Å². The maximum absolute atomic E-state index is 12.7. The topological polar surface area (TPSA) is 72.6 Å². The van der Waals surface area contributed by atoms with Gasteiger partial charge in [0, 0.05) is 35.1 Å². The molecular formula is C27H28N2O4. The largest absolute Gasteiger partial charge is 0.497 e. The number of carbonyl (C=O) groups is 1. The molecule has 0 saturated heterocycles. The summed E-state index contributed by atoms with van der Waals surface area (Å²) in [4.78, 5) is 16.2. The van der Waals surface area contributed by atoms with E-state index in [1.165, 1.54) is 0 Å². The van der Waals surface area contributed by atoms with Gasteiger partial charge in [-0.1, -0.05) is 30.3 Å². The first-order valence-corrected chi connectivity index (χ1v) is 10.8. The van der Waals surface area contributed by atoms with Crippen LogP contribution in [0.4, 0.5) is 0 Å². The van der Waals surface area contributed by atoms with Gasteiger partial charge >= 0.3 is 0 Å². The third-order valence-corrected chi connectivity index (χ3v) is 5.75. The smallest absolute Gasteiger partial charge is 0.220 e. The number of H-pyrrole nitrogens is 1. The molecule has 6 nitrogen and oxygen atoms in total. The Bertz CT molecular complexity index is 1240. The third kappa shape index (κ3) is 4.80. The minimum Gasteiger partial charge on any atom is -0.497 e. The summed E-state index contributed by atoms with van der Waals surface area (Å²) in [7, 11) is 4.85. The van der Waals surface area contributed by atoms with Crippen molar-refractivity contribution in [1.82, 2.24) is 10.3 Å². The fourth-order valence-corrected chi connectivity index (χ4v) is 4.08. The van der Waals surface area contributed by atoms with Crippen LogP contribution in [0.1, 0.15) is 17.5 Å². The summed E-state index contributed by atoms with van der Waals surface area (Å²) in [5.74, 6) is 2.07. The Morgan fingerprint density at radius 1 is 0.879 bits per heavy atom. The highest BCUT2D eigenvalue weighted by Crippen LogP contribution is 2.33. The summed E-state index contributed by atoms with van der Waals surface area (Å²) in [6, 6.07) is 21.8. The van der Waals surface area contributed by atoms with E-state index >= 15 is 0 Å². The molecule has 1 aromatic heterocycles. The Kier molecular flexibility index (Phi) is 6.83. The lowest BCUT2D eigenvalue weighted by atomic mass is 10.0. The number of aromatic nitrogens is 1. The van der Waals surface area contributed by atoms with Gasteiger partial charge in [0.15, 0.2) is 11.5 Å². The molecular weight excluding hydrogens is 416 g/mol. The first-order chi connectivity index (χ1) is 16.1. The second-order valence-corrected chi connectivity index (χ2v) is 7.68. The lowest BCUT2D eigenvalue weighted by Crippen LogP contribution is -2.23. The van der Waals surface area contributed by atoms with Crippen molar-refractivity contribution >= 4 is 16.8 Å². The lowest BCUT2D eigenvalue weighted by molar-refractivity contribution is -0.121. The van der Waals surface area contributed by atoms with E-state index in [0.717, 1.165) is 39.0 Å². The summed E-state index contributed by atoms with van der Waals surface area (Å²) >= 11 is 0. The molecule has 33 heavy (non-hydrogen) atoms. The lowest BCUT2D eigenvalue weighted by Gasteiger charge is -2.13. The Labute approximate surface area is 193 Å². The highest BCUT2D eigenvalue weighted by molar-refractivity contribution is 5.91. The fourth-order valence-electron chi connectivity index (χ4n) is 4.08. The molecule has 0 saturated carbocycles. The van der Waals surface area contributed by atoms with Crippen molar-refractivity contribution < 1.29 is 19.0 Å². The van der Waals surface area contributed by atoms with Crippen molar-refractivity contribution in [2.45, 2.75) is 19.4 Å². The molecule has 0 unspecified atom stereocenters. The standard InChI is InChI=1S/C27H28N2O4/c1-31-20-13-11-18(12-14-20)26-22(21-8-4-5-9-23(21)29-26)15-16-25(30)28-17-19-7-6-10-24(32-2)27(19)33-3/h4-14,29H,15-17H2,1-3H3,(H,28,30). The second-order valence-electron chi connectivity index (χ2n) is 7.68. The number of hydrogen-bond donors (Lipinski definition) is 2. The Morgan fingerprint density at radius 2 is 1.67 bits per heavy atom. The van der Waals surface area contributed by atoms with Crippen molar-refractivity contribution in [3.63, 3.8) is 0 Å². The van der Waals surface area contributed by atoms with Gasteiger partial charge in [0.2, 0.25) is 5.91 Å². The maximum Gasteiger partial charge on any atom is 0.220 e. The van der Waals surface area contributed by atoms with Gasteiger partial charge in [-0.2, -0.15) is 0 Å². The maximum atomic E-state index is 12.7. The van der Waals surface area contributed by atoms with E-state index in [9.17, 15) is 4.79 Å². The van der Waals surface area contributed by atoms with E-state index in [2.05, 4.69) is 22.4 Å². The van der Waals surface area contributed by atoms with E-state index in [1.54, 1.807) is 21.3 Å². The molecule has 0 fully saturated rings. The number of nitrogens with one attached hydrogen (secondary N) is 2. The summed E-state index contributed by atoms with van der Waals surface area (Å²) < 4.78 is 16.1. The number of benzene rings is 3. The second kappa shape index (κ2) is 10.1. The number of aromatic amines is 1. The van der Waals surface area contributed by atoms with Crippen molar-refractivity contribution in [3.8, 4) is 28.5 Å². The highest BCUT2D eigenvalue weighted by Gasteiger charge is 2.15. The van der Waals surface area contributed by atoms with Crippen molar-refractivity contribution in [2.75, 3.05) is 21.3 Å². The Hall–Kier alpha value is -3.93. The molecule has 4 rings (SSSR count). The minimum absolute atomic E-state index is 0.0224. The molecule has 0 bridgehead atoms. The predicted molar refractivity (Wildman–Crippen MR) is 130 cm³/mol. The molecule has 1 amide bonds. The molecule has 0 atom stereocenters. The van der Waals surface area contributed by atoms with Crippen molar-refractivity contribution in [1.29, 1.82) is 0 Å². The van der Waals surface area contributed by atoms with Crippen LogP contribution in [0.3, 0.4) is 0 Å². The zero-order valence-electron chi connectivity index (χ0n) is 19.1. The monoisotopic (exact) mass is 444 g/mol. The number of para-hydroxylation sites is 2. The number of fused-ring (bicyclic) bond motifs is 1. The molecule has 1 heterocycles. The van der Waals surface area contributed by atoms with E-state index in [1.807, 2.05) is 54.6 Å². The average Bonchev–Trinajstić information content (AvgIpc) is 3.24. The number of rotatable bonds is 9. The van der Waals surface area contributed by atoms with Crippen LogP contribution in [0.15, 0.2) is 66.7 Å². The van der Waals surface area contributed by atoms with Crippen molar-refractivity contribution in [3.05, 3.63) is 77.9 Å². The zero-order chi connectivity index (χ0) is 23.2. The van der Waals surface area contributed by atoms with Crippen LogP contribution >= 0.6 is 0 Å². The van der Waals surface area contributed by atoms with Crippen LogP contribution in [0.5, 0.6) is 17.2 Å². The van der Waals surface area contributed by atoms with Gasteiger partial charge in [-0.3, -0.25) is 4.79 Å². The summed E-state index contributed by atoms with van der Waals surface area (Å²) in [5, 5.41) is 4.14. The molecule has 2 N–H and O–H groups in total. The predicted octanol–water partition coefficient (Wildman–Crippen LogP) is 5.11. The number of hydrogen-bond acceptors (Lipinski definition) is 4. The first kappa shape index (κ1) is 22.3. The Morgan fingerprint density at radius 3 is 2.39 bits per heavy atom. The molecule has 0 aliphatic heterocycles. The van der Waals surface area contributed by atoms with E-state index in [0.29, 0.717) is 30.9 Å². The number of carbonyl (C=O) groups excluding carboxylic acids is 1. The molecule has 0 aliphatic carbocycles. The van der Waals surface area contributed by atoms with Crippen molar-refractivity contribution in [2.24, 2.45) is 0 Å². The van der Waals surface area contributed by atoms with Gasteiger partial charge in [-0.15, -0.1) is 0 Å². The van der Waals surface area contributed by atoms with E-state index in [-0.39, 0.29) is 5.91 Å². The highest BCUT2D eigenvalue weighted by atomic mass is 16.5. The molecule has 0 spiro atoms. The number of amides is 1. The number of ether oxygens (including phenoxy) is 3. The van der Waals surface area contributed by atoms with Crippen LogP contribution in [-0.4, -0.2) is 32.2 Å². The van der Waals surface area contributed by atoms with Gasteiger partial charge in [0.25, 0.3) is 0 Å². The SMILES string of the molecule is COc1ccc(-c2[nH]c3ccccc3c2CCC(=O)NCc2cccc(OC)c2OC)cc1. The molecule has 4 aromatic rings. The molecule has 170 valence electrons. The van der Waals surface area contributed by atoms with Gasteiger partial charge in [-0.25, -0.2) is 0 Å². The number of methoxy groups -OCH3 is 3. The van der Waals surface area contributed by atoms with Gasteiger partial charge < -0.3 is 24.5 Å². The van der Waals surface area contributed by atoms with E-state index < -0.39 is 0 Å². The average molecular weight is 445 g/mol. The quantitative estimate of drug-likeness (QED) is 0.376.